The summed E-state index contributed by atoms with van der Waals surface area (Å²) in [6, 6.07) is 10.7. The molecule has 3 nitrogen and oxygen atoms in total. The first-order chi connectivity index (χ1) is 10.2. The predicted octanol–water partition coefficient (Wildman–Crippen LogP) is 4.66. The molecule has 0 saturated heterocycles. The molecule has 4 heteroatoms. The van der Waals surface area contributed by atoms with E-state index in [1.807, 2.05) is 0 Å². The zero-order valence-electron chi connectivity index (χ0n) is 12.6. The van der Waals surface area contributed by atoms with Gasteiger partial charge < -0.3 is 5.32 Å². The third-order valence-corrected chi connectivity index (χ3v) is 4.42. The Balaban J connectivity index is 2.12. The van der Waals surface area contributed by atoms with Crippen molar-refractivity contribution in [2.45, 2.75) is 27.2 Å². The summed E-state index contributed by atoms with van der Waals surface area (Å²) in [5.41, 5.74) is 2.40. The fourth-order valence-electron chi connectivity index (χ4n) is 2.36. The van der Waals surface area contributed by atoms with Crippen LogP contribution in [0.1, 0.15) is 24.3 Å². The Kier molecular flexibility index (Phi) is 3.88. The number of anilines is 1. The van der Waals surface area contributed by atoms with Crippen LogP contribution in [0.2, 0.25) is 0 Å². The number of nitrogens with one attached hydrogen (secondary N) is 1. The molecule has 0 aliphatic carbocycles. The van der Waals surface area contributed by atoms with Gasteiger partial charge in [-0.05, 0) is 31.9 Å². The molecule has 0 aliphatic rings. The van der Waals surface area contributed by atoms with Gasteiger partial charge in [0, 0.05) is 17.0 Å². The highest BCUT2D eigenvalue weighted by Gasteiger charge is 2.11. The molecule has 1 aromatic carbocycles. The first-order valence-corrected chi connectivity index (χ1v) is 8.14. The molecule has 3 rings (SSSR count). The quantitative estimate of drug-likeness (QED) is 0.761. The van der Waals surface area contributed by atoms with Crippen LogP contribution in [0.25, 0.3) is 21.6 Å². The number of aryl methyl sites for hydroxylation is 2. The van der Waals surface area contributed by atoms with E-state index in [1.165, 1.54) is 10.4 Å². The second kappa shape index (κ2) is 5.82. The van der Waals surface area contributed by atoms with Crippen molar-refractivity contribution in [1.82, 2.24) is 9.97 Å². The van der Waals surface area contributed by atoms with Crippen molar-refractivity contribution in [3.8, 4) is 11.4 Å². The number of hydrogen-bond donors (Lipinski definition) is 1. The fourth-order valence-corrected chi connectivity index (χ4v) is 3.24. The van der Waals surface area contributed by atoms with Crippen LogP contribution in [0.4, 0.5) is 5.82 Å². The van der Waals surface area contributed by atoms with Gasteiger partial charge in [0.1, 0.15) is 10.6 Å². The Morgan fingerprint density at radius 3 is 2.52 bits per heavy atom. The minimum Gasteiger partial charge on any atom is -0.370 e. The number of aromatic nitrogens is 2. The predicted molar refractivity (Wildman–Crippen MR) is 91.1 cm³/mol. The summed E-state index contributed by atoms with van der Waals surface area (Å²) in [6.45, 7) is 7.21. The number of hydrogen-bond acceptors (Lipinski definition) is 4. The van der Waals surface area contributed by atoms with Gasteiger partial charge in [0.25, 0.3) is 0 Å². The minimum absolute atomic E-state index is 0.794. The van der Waals surface area contributed by atoms with Crippen molar-refractivity contribution in [2.75, 3.05) is 11.9 Å². The normalized spacial score (nSPS) is 11.0. The Bertz CT molecular complexity index is 760. The molecule has 0 radical (unpaired) electrons. The molecule has 0 fully saturated rings. The Hall–Kier alpha value is -1.94. The third-order valence-electron chi connectivity index (χ3n) is 3.48. The van der Waals surface area contributed by atoms with Crippen molar-refractivity contribution in [2.24, 2.45) is 0 Å². The van der Waals surface area contributed by atoms with E-state index >= 15 is 0 Å². The van der Waals surface area contributed by atoms with Gasteiger partial charge >= 0.3 is 0 Å². The maximum absolute atomic E-state index is 4.73. The van der Waals surface area contributed by atoms with Crippen molar-refractivity contribution < 1.29 is 0 Å². The zero-order valence-corrected chi connectivity index (χ0v) is 13.4. The Labute approximate surface area is 129 Å². The molecule has 0 atom stereocenters. The first-order valence-electron chi connectivity index (χ1n) is 7.32. The van der Waals surface area contributed by atoms with Crippen LogP contribution in [-0.4, -0.2) is 16.5 Å². The summed E-state index contributed by atoms with van der Waals surface area (Å²) >= 11 is 1.72. The minimum atomic E-state index is 0.794. The molecule has 1 N–H and O–H groups in total. The molecule has 0 spiro atoms. The van der Waals surface area contributed by atoms with Crippen LogP contribution in [-0.2, 0) is 6.42 Å². The average Bonchev–Trinajstić information content (AvgIpc) is 2.88. The lowest BCUT2D eigenvalue weighted by Gasteiger charge is -2.07. The van der Waals surface area contributed by atoms with E-state index < -0.39 is 0 Å². The summed E-state index contributed by atoms with van der Waals surface area (Å²) in [4.78, 5) is 11.8. The van der Waals surface area contributed by atoms with Crippen LogP contribution in [0, 0.1) is 6.92 Å². The highest BCUT2D eigenvalue weighted by molar-refractivity contribution is 7.18. The lowest BCUT2D eigenvalue weighted by molar-refractivity contribution is 1.13. The van der Waals surface area contributed by atoms with Crippen LogP contribution in [0.3, 0.4) is 0 Å². The third kappa shape index (κ3) is 2.76. The summed E-state index contributed by atoms with van der Waals surface area (Å²) in [6.07, 6.45) is 1.05. The highest BCUT2D eigenvalue weighted by Crippen LogP contribution is 2.31. The topological polar surface area (TPSA) is 37.8 Å². The summed E-state index contributed by atoms with van der Waals surface area (Å²) in [5.74, 6) is 1.73. The van der Waals surface area contributed by atoms with E-state index in [9.17, 15) is 0 Å². The summed E-state index contributed by atoms with van der Waals surface area (Å²) in [7, 11) is 0. The molecule has 2 heterocycles. The van der Waals surface area contributed by atoms with E-state index in [2.05, 4.69) is 56.4 Å². The number of benzene rings is 1. The van der Waals surface area contributed by atoms with E-state index in [1.54, 1.807) is 11.3 Å². The Morgan fingerprint density at radius 2 is 1.86 bits per heavy atom. The molecule has 0 bridgehead atoms. The molecule has 21 heavy (non-hydrogen) atoms. The van der Waals surface area contributed by atoms with Crippen LogP contribution in [0.5, 0.6) is 0 Å². The summed E-state index contributed by atoms with van der Waals surface area (Å²) < 4.78 is 0. The van der Waals surface area contributed by atoms with Gasteiger partial charge in [0.05, 0.1) is 5.39 Å². The molecule has 2 aromatic heterocycles. The van der Waals surface area contributed by atoms with Gasteiger partial charge in [-0.15, -0.1) is 11.3 Å². The molecule has 0 aliphatic heterocycles. The monoisotopic (exact) mass is 297 g/mol. The van der Waals surface area contributed by atoms with Gasteiger partial charge in [-0.2, -0.15) is 0 Å². The SMILES string of the molecule is CCNc1nc(-c2ccc(CC)cc2)nc2sc(C)cc12. The number of fused-ring (bicyclic) bond motifs is 1. The van der Waals surface area contributed by atoms with Crippen LogP contribution < -0.4 is 5.32 Å². The van der Waals surface area contributed by atoms with Gasteiger partial charge in [-0.3, -0.25) is 0 Å². The van der Waals surface area contributed by atoms with Gasteiger partial charge in [0.15, 0.2) is 5.82 Å². The zero-order chi connectivity index (χ0) is 14.8. The summed E-state index contributed by atoms with van der Waals surface area (Å²) in [5, 5.41) is 4.47. The van der Waals surface area contributed by atoms with Gasteiger partial charge in [0.2, 0.25) is 0 Å². The number of nitrogens with zero attached hydrogens (tertiary/aromatic N) is 2. The molecule has 108 valence electrons. The molecule has 0 amide bonds. The van der Waals surface area contributed by atoms with Crippen LogP contribution >= 0.6 is 11.3 Å². The Morgan fingerprint density at radius 1 is 1.10 bits per heavy atom. The van der Waals surface area contributed by atoms with E-state index in [-0.39, 0.29) is 0 Å². The molecule has 0 saturated carbocycles. The lowest BCUT2D eigenvalue weighted by atomic mass is 10.1. The average molecular weight is 297 g/mol. The van der Waals surface area contributed by atoms with Gasteiger partial charge in [-0.1, -0.05) is 31.2 Å². The smallest absolute Gasteiger partial charge is 0.163 e. The van der Waals surface area contributed by atoms with Gasteiger partial charge in [-0.25, -0.2) is 9.97 Å². The maximum atomic E-state index is 4.73. The molecule has 0 unspecified atom stereocenters. The van der Waals surface area contributed by atoms with E-state index in [0.717, 1.165) is 40.4 Å². The molecular formula is C17H19N3S. The standard InChI is InChI=1S/C17H19N3S/c1-4-12-6-8-13(9-7-12)15-19-16(18-5-2)14-10-11(3)21-17(14)20-15/h6-10H,4-5H2,1-3H3,(H,18,19,20). The molecular weight excluding hydrogens is 278 g/mol. The van der Waals surface area contributed by atoms with Crippen LogP contribution in [0.15, 0.2) is 30.3 Å². The van der Waals surface area contributed by atoms with E-state index in [0.29, 0.717) is 0 Å². The van der Waals surface area contributed by atoms with Crippen molar-refractivity contribution in [3.05, 3.63) is 40.8 Å². The molecule has 3 aromatic rings. The highest BCUT2D eigenvalue weighted by atomic mass is 32.1. The maximum Gasteiger partial charge on any atom is 0.163 e. The number of thiophene rings is 1. The number of rotatable bonds is 4. The van der Waals surface area contributed by atoms with E-state index in [4.69, 9.17) is 9.97 Å². The first kappa shape index (κ1) is 14.0. The van der Waals surface area contributed by atoms with Crippen molar-refractivity contribution in [1.29, 1.82) is 0 Å². The van der Waals surface area contributed by atoms with Crippen molar-refractivity contribution in [3.63, 3.8) is 0 Å². The largest absolute Gasteiger partial charge is 0.370 e. The van der Waals surface area contributed by atoms with Crippen molar-refractivity contribution >= 4 is 27.4 Å². The fraction of sp³-hybridized carbons (Fsp3) is 0.294. The second-order valence-electron chi connectivity index (χ2n) is 5.05. The second-order valence-corrected chi connectivity index (χ2v) is 6.29. The lowest BCUT2D eigenvalue weighted by Crippen LogP contribution is -2.01.